The van der Waals surface area contributed by atoms with Gasteiger partial charge in [-0.15, -0.1) is 29.3 Å². The Hall–Kier alpha value is -3.07. The summed E-state index contributed by atoms with van der Waals surface area (Å²) in [5.74, 6) is 2.07. The number of aliphatic hydroxyl groups excluding tert-OH is 1. The van der Waals surface area contributed by atoms with Crippen LogP contribution >= 0.6 is 0 Å². The molecular formula is C40H48IrNO2-. The van der Waals surface area contributed by atoms with Crippen molar-refractivity contribution >= 4 is 16.6 Å². The molecule has 3 nitrogen and oxygen atoms in total. The van der Waals surface area contributed by atoms with Gasteiger partial charge in [-0.3, -0.25) is 4.79 Å². The van der Waals surface area contributed by atoms with E-state index in [0.717, 1.165) is 17.7 Å². The summed E-state index contributed by atoms with van der Waals surface area (Å²) >= 11 is 0. The largest absolute Gasteiger partial charge is 0.512 e. The molecule has 1 aliphatic carbocycles. The van der Waals surface area contributed by atoms with E-state index < -0.39 is 0 Å². The molecule has 235 valence electrons. The molecule has 4 heteroatoms. The van der Waals surface area contributed by atoms with Crippen molar-refractivity contribution in [3.63, 3.8) is 0 Å². The minimum absolute atomic E-state index is 0. The fourth-order valence-electron chi connectivity index (χ4n) is 5.85. The summed E-state index contributed by atoms with van der Waals surface area (Å²) in [4.78, 5) is 16.1. The maximum atomic E-state index is 11.2. The number of pyridine rings is 1. The number of hydrogen-bond acceptors (Lipinski definition) is 3. The van der Waals surface area contributed by atoms with Gasteiger partial charge < -0.3 is 10.1 Å². The van der Waals surface area contributed by atoms with Crippen molar-refractivity contribution in [1.82, 2.24) is 4.98 Å². The molecule has 1 N–H and O–H groups in total. The van der Waals surface area contributed by atoms with E-state index in [1.807, 2.05) is 33.9 Å². The van der Waals surface area contributed by atoms with Crippen LogP contribution in [0.3, 0.4) is 0 Å². The third kappa shape index (κ3) is 8.55. The molecule has 4 aromatic rings. The number of rotatable bonds is 8. The first kappa shape index (κ1) is 35.4. The molecule has 0 bridgehead atoms. The maximum Gasteiger partial charge on any atom is 0.159 e. The number of ketones is 1. The summed E-state index contributed by atoms with van der Waals surface area (Å²) < 4.78 is 0. The van der Waals surface area contributed by atoms with Gasteiger partial charge in [-0.25, -0.2) is 0 Å². The Kier molecular flexibility index (Phi) is 12.3. The first-order valence-electron chi connectivity index (χ1n) is 15.8. The number of fused-ring (bicyclic) bond motifs is 5. The molecule has 0 aliphatic heterocycles. The Morgan fingerprint density at radius 3 is 2.18 bits per heavy atom. The number of aryl methyl sites for hydroxylation is 1. The molecule has 0 unspecified atom stereocenters. The Bertz CT molecular complexity index is 1650. The smallest absolute Gasteiger partial charge is 0.159 e. The molecule has 44 heavy (non-hydrogen) atoms. The van der Waals surface area contributed by atoms with Gasteiger partial charge in [0.2, 0.25) is 0 Å². The predicted molar refractivity (Wildman–Crippen MR) is 182 cm³/mol. The summed E-state index contributed by atoms with van der Waals surface area (Å²) in [5.41, 5.74) is 11.3. The Morgan fingerprint density at radius 1 is 0.841 bits per heavy atom. The van der Waals surface area contributed by atoms with Crippen molar-refractivity contribution in [3.8, 4) is 33.5 Å². The molecule has 3 aromatic carbocycles. The van der Waals surface area contributed by atoms with Crippen LogP contribution in [0.5, 0.6) is 0 Å². The number of carbonyl (C=O) groups excluding carboxylic acids is 1. The molecule has 1 aromatic heterocycles. The Morgan fingerprint density at radius 2 is 1.55 bits per heavy atom. The predicted octanol–water partition coefficient (Wildman–Crippen LogP) is 11.1. The van der Waals surface area contributed by atoms with E-state index >= 15 is 0 Å². The van der Waals surface area contributed by atoms with E-state index in [1.54, 1.807) is 0 Å². The molecule has 0 spiro atoms. The van der Waals surface area contributed by atoms with Crippen molar-refractivity contribution in [1.29, 1.82) is 0 Å². The van der Waals surface area contributed by atoms with Gasteiger partial charge in [0.25, 0.3) is 0 Å². The second-order valence-electron chi connectivity index (χ2n) is 13.7. The van der Waals surface area contributed by atoms with Gasteiger partial charge in [-0.1, -0.05) is 115 Å². The average molecular weight is 767 g/mol. The number of allylic oxidation sites excluding steroid dienone is 2. The minimum Gasteiger partial charge on any atom is -0.512 e. The number of nitrogens with zero attached hydrogens (tertiary/aromatic N) is 1. The maximum absolute atomic E-state index is 11.2. The zero-order valence-corrected chi connectivity index (χ0v) is 30.2. The fraction of sp³-hybridized carbons (Fsp3) is 0.400. The minimum atomic E-state index is 0. The molecule has 0 saturated carbocycles. The fourth-order valence-corrected chi connectivity index (χ4v) is 5.85. The second kappa shape index (κ2) is 15.3. The molecule has 0 atom stereocenters. The van der Waals surface area contributed by atoms with Gasteiger partial charge in [0.1, 0.15) is 0 Å². The molecule has 0 fully saturated rings. The van der Waals surface area contributed by atoms with Crippen LogP contribution in [-0.2, 0) is 31.3 Å². The van der Waals surface area contributed by atoms with Gasteiger partial charge in [0, 0.05) is 45.2 Å². The summed E-state index contributed by atoms with van der Waals surface area (Å²) in [5, 5.41) is 11.9. The molecule has 0 amide bonds. The van der Waals surface area contributed by atoms with Crippen LogP contribution in [0, 0.1) is 30.7 Å². The molecule has 1 radical (unpaired) electrons. The Labute approximate surface area is 278 Å². The molecule has 5 rings (SSSR count). The SMILES string of the molecule is CC(C)CC(=O)/C=C(\O)CC(C)C.Cc1ccc2c(c1)-c1cc(CC(C)C)c[c-]c1-c1nccc3cc(C(C)C)cc-2c13.[Ir]. The van der Waals surface area contributed by atoms with E-state index in [1.165, 1.54) is 55.8 Å². The van der Waals surface area contributed by atoms with Gasteiger partial charge in [0.15, 0.2) is 5.78 Å². The third-order valence-corrected chi connectivity index (χ3v) is 7.74. The van der Waals surface area contributed by atoms with Crippen molar-refractivity contribution in [2.24, 2.45) is 17.8 Å². The van der Waals surface area contributed by atoms with Crippen LogP contribution in [-0.4, -0.2) is 15.9 Å². The molecule has 1 aliphatic rings. The first-order chi connectivity index (χ1) is 20.3. The van der Waals surface area contributed by atoms with Crippen molar-refractivity contribution in [2.45, 2.75) is 87.5 Å². The van der Waals surface area contributed by atoms with Gasteiger partial charge in [-0.2, -0.15) is 0 Å². The number of carbonyl (C=O) groups is 1. The van der Waals surface area contributed by atoms with E-state index in [9.17, 15) is 9.90 Å². The molecule has 0 saturated heterocycles. The quantitative estimate of drug-likeness (QED) is 0.0972. The number of aliphatic hydroxyl groups is 1. The van der Waals surface area contributed by atoms with Crippen molar-refractivity contribution in [3.05, 3.63) is 89.3 Å². The van der Waals surface area contributed by atoms with Crippen molar-refractivity contribution in [2.75, 3.05) is 0 Å². The summed E-state index contributed by atoms with van der Waals surface area (Å²) in [6.07, 6.45) is 5.48. The number of hydrogen-bond donors (Lipinski definition) is 1. The topological polar surface area (TPSA) is 50.2 Å². The van der Waals surface area contributed by atoms with Gasteiger partial charge in [-0.05, 0) is 63.9 Å². The van der Waals surface area contributed by atoms with Crippen LogP contribution in [0.2, 0.25) is 0 Å². The van der Waals surface area contributed by atoms with Gasteiger partial charge >= 0.3 is 0 Å². The number of benzene rings is 3. The van der Waals surface area contributed by atoms with Crippen LogP contribution in [0.25, 0.3) is 44.3 Å². The van der Waals surface area contributed by atoms with E-state index in [4.69, 9.17) is 4.98 Å². The molecular weight excluding hydrogens is 719 g/mol. The summed E-state index contributed by atoms with van der Waals surface area (Å²) in [6, 6.07) is 21.9. The normalized spacial score (nSPS) is 12.1. The van der Waals surface area contributed by atoms with E-state index in [0.29, 0.717) is 36.5 Å². The van der Waals surface area contributed by atoms with E-state index in [-0.39, 0.29) is 31.6 Å². The van der Waals surface area contributed by atoms with Crippen LogP contribution in [0.4, 0.5) is 0 Å². The van der Waals surface area contributed by atoms with Crippen LogP contribution in [0.15, 0.2) is 66.6 Å². The zero-order chi connectivity index (χ0) is 31.4. The zero-order valence-electron chi connectivity index (χ0n) is 27.8. The Balaban J connectivity index is 0.000000324. The third-order valence-electron chi connectivity index (χ3n) is 7.74. The van der Waals surface area contributed by atoms with E-state index in [2.05, 4.69) is 89.2 Å². The van der Waals surface area contributed by atoms with Gasteiger partial charge in [0.05, 0.1) is 5.76 Å². The average Bonchev–Trinajstić information content (AvgIpc) is 3.01. The summed E-state index contributed by atoms with van der Waals surface area (Å²) in [7, 11) is 0. The summed E-state index contributed by atoms with van der Waals surface area (Å²) in [6.45, 7) is 19.3. The monoisotopic (exact) mass is 767 g/mol. The number of aromatic nitrogens is 1. The molecule has 1 heterocycles. The van der Waals surface area contributed by atoms with Crippen LogP contribution < -0.4 is 0 Å². The van der Waals surface area contributed by atoms with Crippen LogP contribution in [0.1, 0.15) is 90.8 Å². The standard InChI is InChI=1S/C29H28N.C11H20O2.Ir/c1-17(2)12-20-7-9-24-26(14-20)25-13-19(5)6-8-23(25)27-16-22(18(3)4)15-21-10-11-30-29(24)28(21)27;1-8(2)5-10(12)7-11(13)6-9(3)4;/h6-8,10-11,13-18H,12H2,1-5H3;7-9,12H,5-6H2,1-4H3;/q-1;;/b;10-7-;. The van der Waals surface area contributed by atoms with Crippen molar-refractivity contribution < 1.29 is 30.0 Å². The first-order valence-corrected chi connectivity index (χ1v) is 15.8. The second-order valence-corrected chi connectivity index (χ2v) is 13.7.